The van der Waals surface area contributed by atoms with E-state index in [2.05, 4.69) is 6.07 Å². The van der Waals surface area contributed by atoms with Gasteiger partial charge in [0.1, 0.15) is 5.75 Å². The van der Waals surface area contributed by atoms with Crippen molar-refractivity contribution in [3.05, 3.63) is 18.2 Å². The number of nitriles is 1. The number of benzene rings is 1. The van der Waals surface area contributed by atoms with Gasteiger partial charge in [0.2, 0.25) is 0 Å². The Morgan fingerprint density at radius 1 is 1.44 bits per heavy atom. The first kappa shape index (κ1) is 12.7. The summed E-state index contributed by atoms with van der Waals surface area (Å²) >= 11 is 1.71. The van der Waals surface area contributed by atoms with Gasteiger partial charge in [0.05, 0.1) is 13.2 Å². The van der Waals surface area contributed by atoms with Gasteiger partial charge in [-0.3, -0.25) is 0 Å². The Balaban J connectivity index is 2.43. The molecule has 0 aromatic heterocycles. The molecule has 2 N–H and O–H groups in total. The van der Waals surface area contributed by atoms with Gasteiger partial charge >= 0.3 is 0 Å². The molecule has 1 aromatic rings. The van der Waals surface area contributed by atoms with Gasteiger partial charge < -0.3 is 10.5 Å². The summed E-state index contributed by atoms with van der Waals surface area (Å²) < 4.78 is 5.14. The third-order valence-electron chi connectivity index (χ3n) is 2.16. The van der Waals surface area contributed by atoms with Crippen LogP contribution in [0.3, 0.4) is 0 Å². The summed E-state index contributed by atoms with van der Waals surface area (Å²) in [5.41, 5.74) is 6.64. The number of rotatable bonds is 6. The quantitative estimate of drug-likeness (QED) is 0.468. The van der Waals surface area contributed by atoms with Crippen molar-refractivity contribution in [1.29, 1.82) is 5.26 Å². The van der Waals surface area contributed by atoms with Crippen LogP contribution in [0.25, 0.3) is 0 Å². The lowest BCUT2D eigenvalue weighted by Crippen LogP contribution is -1.91. The first-order valence-corrected chi connectivity index (χ1v) is 6.19. The molecular weight excluding hydrogens is 220 g/mol. The van der Waals surface area contributed by atoms with E-state index in [-0.39, 0.29) is 0 Å². The van der Waals surface area contributed by atoms with E-state index in [0.717, 1.165) is 34.9 Å². The molecule has 0 aliphatic rings. The normalized spacial score (nSPS) is 9.75. The molecule has 0 bridgehead atoms. The molecule has 1 rings (SSSR count). The standard InChI is InChI=1S/C12H16N2OS/c1-15-10-5-6-11(14)12(9-10)16-8-4-2-3-7-13/h5-6,9H,2-4,8,14H2,1H3. The highest BCUT2D eigenvalue weighted by molar-refractivity contribution is 7.99. The lowest BCUT2D eigenvalue weighted by atomic mass is 10.3. The zero-order chi connectivity index (χ0) is 11.8. The van der Waals surface area contributed by atoms with Crippen LogP contribution >= 0.6 is 11.8 Å². The number of nitrogen functional groups attached to an aromatic ring is 1. The van der Waals surface area contributed by atoms with Crippen molar-refractivity contribution in [3.63, 3.8) is 0 Å². The summed E-state index contributed by atoms with van der Waals surface area (Å²) in [7, 11) is 1.65. The Bertz CT molecular complexity index is 374. The van der Waals surface area contributed by atoms with Gasteiger partial charge in [-0.1, -0.05) is 0 Å². The van der Waals surface area contributed by atoms with Gasteiger partial charge in [0.15, 0.2) is 0 Å². The maximum absolute atomic E-state index is 8.40. The van der Waals surface area contributed by atoms with E-state index in [1.165, 1.54) is 0 Å². The monoisotopic (exact) mass is 236 g/mol. The first-order valence-electron chi connectivity index (χ1n) is 5.21. The van der Waals surface area contributed by atoms with Gasteiger partial charge in [0, 0.05) is 17.0 Å². The minimum absolute atomic E-state index is 0.633. The summed E-state index contributed by atoms with van der Waals surface area (Å²) in [6.07, 6.45) is 2.62. The zero-order valence-electron chi connectivity index (χ0n) is 9.40. The predicted molar refractivity (Wildman–Crippen MR) is 67.6 cm³/mol. The van der Waals surface area contributed by atoms with Crippen LogP contribution in [0.1, 0.15) is 19.3 Å². The second-order valence-electron chi connectivity index (χ2n) is 3.37. The van der Waals surface area contributed by atoms with Crippen molar-refractivity contribution in [2.45, 2.75) is 24.2 Å². The van der Waals surface area contributed by atoms with Crippen LogP contribution in [-0.4, -0.2) is 12.9 Å². The molecule has 4 heteroatoms. The average molecular weight is 236 g/mol. The van der Waals surface area contributed by atoms with E-state index in [1.807, 2.05) is 18.2 Å². The molecule has 0 heterocycles. The fourth-order valence-corrected chi connectivity index (χ4v) is 2.26. The highest BCUT2D eigenvalue weighted by Crippen LogP contribution is 2.29. The van der Waals surface area contributed by atoms with Gasteiger partial charge in [-0.15, -0.1) is 11.8 Å². The van der Waals surface area contributed by atoms with Gasteiger partial charge in [-0.2, -0.15) is 5.26 Å². The first-order chi connectivity index (χ1) is 7.77. The molecule has 0 saturated heterocycles. The second kappa shape index (κ2) is 7.02. The minimum Gasteiger partial charge on any atom is -0.497 e. The number of ether oxygens (including phenoxy) is 1. The lowest BCUT2D eigenvalue weighted by molar-refractivity contribution is 0.414. The van der Waals surface area contributed by atoms with Gasteiger partial charge in [0.25, 0.3) is 0 Å². The van der Waals surface area contributed by atoms with Crippen LogP contribution in [0, 0.1) is 11.3 Å². The molecule has 0 fully saturated rings. The second-order valence-corrected chi connectivity index (χ2v) is 4.50. The third-order valence-corrected chi connectivity index (χ3v) is 3.32. The van der Waals surface area contributed by atoms with Crippen LogP contribution in [0.15, 0.2) is 23.1 Å². The van der Waals surface area contributed by atoms with E-state index < -0.39 is 0 Å². The maximum Gasteiger partial charge on any atom is 0.120 e. The number of nitrogens with zero attached hydrogens (tertiary/aromatic N) is 1. The van der Waals surface area contributed by atoms with Crippen molar-refractivity contribution >= 4 is 17.4 Å². The SMILES string of the molecule is COc1ccc(N)c(SCCCCC#N)c1. The summed E-state index contributed by atoms with van der Waals surface area (Å²) in [4.78, 5) is 1.05. The largest absolute Gasteiger partial charge is 0.497 e. The molecule has 0 amide bonds. The molecule has 16 heavy (non-hydrogen) atoms. The highest BCUT2D eigenvalue weighted by atomic mass is 32.2. The number of thioether (sulfide) groups is 1. The molecule has 0 aliphatic heterocycles. The van der Waals surface area contributed by atoms with E-state index >= 15 is 0 Å². The molecule has 0 saturated carbocycles. The number of hydrogen-bond donors (Lipinski definition) is 1. The number of unbranched alkanes of at least 4 members (excludes halogenated alkanes) is 2. The van der Waals surface area contributed by atoms with Crippen LogP contribution < -0.4 is 10.5 Å². The summed E-state index contributed by atoms with van der Waals surface area (Å²) in [5, 5.41) is 8.40. The Labute approximate surface area is 101 Å². The summed E-state index contributed by atoms with van der Waals surface area (Å²) in [6.45, 7) is 0. The van der Waals surface area contributed by atoms with Crippen molar-refractivity contribution in [3.8, 4) is 11.8 Å². The fraction of sp³-hybridized carbons (Fsp3) is 0.417. The van der Waals surface area contributed by atoms with E-state index in [0.29, 0.717) is 6.42 Å². The molecule has 3 nitrogen and oxygen atoms in total. The molecule has 86 valence electrons. The Morgan fingerprint density at radius 2 is 2.25 bits per heavy atom. The molecule has 0 atom stereocenters. The van der Waals surface area contributed by atoms with Gasteiger partial charge in [-0.25, -0.2) is 0 Å². The number of anilines is 1. The summed E-state index contributed by atoms with van der Waals surface area (Å²) in [5.74, 6) is 1.81. The van der Waals surface area contributed by atoms with Gasteiger partial charge in [-0.05, 0) is 36.8 Å². The maximum atomic E-state index is 8.40. The van der Waals surface area contributed by atoms with Crippen molar-refractivity contribution < 1.29 is 4.74 Å². The van der Waals surface area contributed by atoms with Crippen molar-refractivity contribution in [2.75, 3.05) is 18.6 Å². The molecule has 0 radical (unpaired) electrons. The minimum atomic E-state index is 0.633. The average Bonchev–Trinajstić information content (AvgIpc) is 2.31. The molecule has 0 aliphatic carbocycles. The zero-order valence-corrected chi connectivity index (χ0v) is 10.2. The highest BCUT2D eigenvalue weighted by Gasteiger charge is 2.02. The third kappa shape index (κ3) is 4.03. The van der Waals surface area contributed by atoms with Crippen LogP contribution in [-0.2, 0) is 0 Å². The molecular formula is C12H16N2OS. The Kier molecular flexibility index (Phi) is 5.58. The number of methoxy groups -OCH3 is 1. The molecule has 1 aromatic carbocycles. The molecule has 0 unspecified atom stereocenters. The van der Waals surface area contributed by atoms with Crippen LogP contribution in [0.5, 0.6) is 5.75 Å². The predicted octanol–water partition coefficient (Wildman–Crippen LogP) is 3.06. The number of hydrogen-bond acceptors (Lipinski definition) is 4. The number of nitrogens with two attached hydrogens (primary N) is 1. The van der Waals surface area contributed by atoms with E-state index in [9.17, 15) is 0 Å². The van der Waals surface area contributed by atoms with E-state index in [1.54, 1.807) is 18.9 Å². The molecule has 0 spiro atoms. The van der Waals surface area contributed by atoms with Crippen LogP contribution in [0.2, 0.25) is 0 Å². The van der Waals surface area contributed by atoms with Crippen LogP contribution in [0.4, 0.5) is 5.69 Å². The lowest BCUT2D eigenvalue weighted by Gasteiger charge is -2.07. The smallest absolute Gasteiger partial charge is 0.120 e. The van der Waals surface area contributed by atoms with Crippen molar-refractivity contribution in [2.24, 2.45) is 0 Å². The topological polar surface area (TPSA) is 59.0 Å². The van der Waals surface area contributed by atoms with Crippen molar-refractivity contribution in [1.82, 2.24) is 0 Å². The Morgan fingerprint density at radius 3 is 2.94 bits per heavy atom. The summed E-state index contributed by atoms with van der Waals surface area (Å²) in [6, 6.07) is 7.80. The Hall–Kier alpha value is -1.34. The van der Waals surface area contributed by atoms with E-state index in [4.69, 9.17) is 15.7 Å². The fourth-order valence-electron chi connectivity index (χ4n) is 1.25.